The highest BCUT2D eigenvalue weighted by atomic mass is 16.5. The average molecular weight is 245 g/mol. The Morgan fingerprint density at radius 2 is 1.94 bits per heavy atom. The summed E-state index contributed by atoms with van der Waals surface area (Å²) in [6.07, 6.45) is 5.66. The number of rotatable bonds is 4. The zero-order valence-corrected chi connectivity index (χ0v) is 10.7. The van der Waals surface area contributed by atoms with Gasteiger partial charge in [-0.2, -0.15) is 0 Å². The van der Waals surface area contributed by atoms with Crippen LogP contribution in [0.15, 0.2) is 36.0 Å². The van der Waals surface area contributed by atoms with Crippen LogP contribution < -0.4 is 10.1 Å². The first-order valence-corrected chi connectivity index (χ1v) is 6.38. The number of nitrogens with one attached hydrogen (secondary N) is 1. The molecule has 3 nitrogen and oxygen atoms in total. The number of methoxy groups -OCH3 is 1. The molecule has 0 saturated heterocycles. The molecule has 1 aromatic carbocycles. The van der Waals surface area contributed by atoms with Gasteiger partial charge < -0.3 is 10.1 Å². The number of carbonyl (C=O) groups is 1. The van der Waals surface area contributed by atoms with Crippen LogP contribution in [-0.2, 0) is 11.3 Å². The molecule has 0 radical (unpaired) electrons. The van der Waals surface area contributed by atoms with Crippen molar-refractivity contribution in [2.45, 2.75) is 32.2 Å². The van der Waals surface area contributed by atoms with Gasteiger partial charge in [0.15, 0.2) is 5.78 Å². The molecule has 1 fully saturated rings. The predicted octanol–water partition coefficient (Wildman–Crippen LogP) is 2.81. The standard InChI is InChI=1S/C15H19NO2/c1-18-14-8-6-12(7-9-14)10-16-11-13-4-2-3-5-15(13)17/h6-9,11,16H,2-5,10H2,1H3. The van der Waals surface area contributed by atoms with Crippen LogP contribution in [0.25, 0.3) is 0 Å². The summed E-state index contributed by atoms with van der Waals surface area (Å²) in [6, 6.07) is 7.92. The Labute approximate surface area is 108 Å². The molecule has 1 aromatic rings. The van der Waals surface area contributed by atoms with E-state index in [4.69, 9.17) is 4.74 Å². The molecule has 0 unspecified atom stereocenters. The fourth-order valence-electron chi connectivity index (χ4n) is 2.09. The SMILES string of the molecule is COc1ccc(CNC=C2CCCCC2=O)cc1. The van der Waals surface area contributed by atoms with Crippen molar-refractivity contribution in [1.29, 1.82) is 0 Å². The maximum Gasteiger partial charge on any atom is 0.160 e. The van der Waals surface area contributed by atoms with E-state index in [9.17, 15) is 4.79 Å². The van der Waals surface area contributed by atoms with Crippen molar-refractivity contribution in [3.63, 3.8) is 0 Å². The highest BCUT2D eigenvalue weighted by Crippen LogP contribution is 2.19. The summed E-state index contributed by atoms with van der Waals surface area (Å²) < 4.78 is 5.11. The molecule has 0 heterocycles. The Bertz CT molecular complexity index is 434. The normalized spacial score (nSPS) is 17.8. The molecule has 96 valence electrons. The van der Waals surface area contributed by atoms with Crippen molar-refractivity contribution in [3.05, 3.63) is 41.6 Å². The lowest BCUT2D eigenvalue weighted by Crippen LogP contribution is -2.13. The first-order valence-electron chi connectivity index (χ1n) is 6.38. The van der Waals surface area contributed by atoms with E-state index in [1.807, 2.05) is 30.5 Å². The first kappa shape index (κ1) is 12.7. The monoisotopic (exact) mass is 245 g/mol. The number of hydrogen-bond acceptors (Lipinski definition) is 3. The molecule has 0 aliphatic heterocycles. The van der Waals surface area contributed by atoms with Crippen LogP contribution in [0.4, 0.5) is 0 Å². The lowest BCUT2D eigenvalue weighted by atomic mass is 9.94. The molecule has 3 heteroatoms. The molecule has 18 heavy (non-hydrogen) atoms. The number of ether oxygens (including phenoxy) is 1. The fourth-order valence-corrected chi connectivity index (χ4v) is 2.09. The molecule has 1 aliphatic carbocycles. The summed E-state index contributed by atoms with van der Waals surface area (Å²) in [7, 11) is 1.66. The van der Waals surface area contributed by atoms with Gasteiger partial charge in [0.1, 0.15) is 5.75 Å². The fraction of sp³-hybridized carbons (Fsp3) is 0.400. The molecule has 0 atom stereocenters. The Morgan fingerprint density at radius 3 is 2.61 bits per heavy atom. The van der Waals surface area contributed by atoms with E-state index in [2.05, 4.69) is 5.32 Å². The lowest BCUT2D eigenvalue weighted by molar-refractivity contribution is -0.116. The number of benzene rings is 1. The molecular formula is C15H19NO2. The van der Waals surface area contributed by atoms with Gasteiger partial charge in [-0.1, -0.05) is 12.1 Å². The van der Waals surface area contributed by atoms with Gasteiger partial charge in [0, 0.05) is 24.7 Å². The maximum atomic E-state index is 11.6. The zero-order valence-electron chi connectivity index (χ0n) is 10.7. The van der Waals surface area contributed by atoms with Gasteiger partial charge in [0.05, 0.1) is 7.11 Å². The topological polar surface area (TPSA) is 38.3 Å². The van der Waals surface area contributed by atoms with Crippen molar-refractivity contribution in [1.82, 2.24) is 5.32 Å². The molecular weight excluding hydrogens is 226 g/mol. The third-order valence-electron chi connectivity index (χ3n) is 3.20. The second-order valence-corrected chi connectivity index (χ2v) is 4.53. The lowest BCUT2D eigenvalue weighted by Gasteiger charge is -2.12. The summed E-state index contributed by atoms with van der Waals surface area (Å²) >= 11 is 0. The molecule has 2 rings (SSSR count). The second-order valence-electron chi connectivity index (χ2n) is 4.53. The van der Waals surface area contributed by atoms with E-state index in [0.717, 1.165) is 37.1 Å². The minimum atomic E-state index is 0.295. The Kier molecular flexibility index (Phi) is 4.40. The third kappa shape index (κ3) is 3.36. The summed E-state index contributed by atoms with van der Waals surface area (Å²) in [4.78, 5) is 11.6. The van der Waals surface area contributed by atoms with Gasteiger partial charge in [-0.3, -0.25) is 4.79 Å². The van der Waals surface area contributed by atoms with Crippen LogP contribution in [-0.4, -0.2) is 12.9 Å². The number of Topliss-reactive ketones (excluding diaryl/α,β-unsaturated/α-hetero) is 1. The molecule has 1 aliphatic rings. The van der Waals surface area contributed by atoms with Crippen LogP contribution in [0.3, 0.4) is 0 Å². The molecule has 0 bridgehead atoms. The number of ketones is 1. The number of carbonyl (C=O) groups excluding carboxylic acids is 1. The maximum absolute atomic E-state index is 11.6. The van der Waals surface area contributed by atoms with E-state index in [1.165, 1.54) is 5.56 Å². The highest BCUT2D eigenvalue weighted by Gasteiger charge is 2.13. The van der Waals surface area contributed by atoms with Gasteiger partial charge in [0.2, 0.25) is 0 Å². The molecule has 0 amide bonds. The van der Waals surface area contributed by atoms with Crippen molar-refractivity contribution >= 4 is 5.78 Å². The number of allylic oxidation sites excluding steroid dienone is 1. The largest absolute Gasteiger partial charge is 0.497 e. The molecule has 1 saturated carbocycles. The number of hydrogen-bond donors (Lipinski definition) is 1. The van der Waals surface area contributed by atoms with Crippen LogP contribution in [0.2, 0.25) is 0 Å². The van der Waals surface area contributed by atoms with Gasteiger partial charge in [-0.25, -0.2) is 0 Å². The predicted molar refractivity (Wildman–Crippen MR) is 71.4 cm³/mol. The van der Waals surface area contributed by atoms with Crippen molar-refractivity contribution in [3.8, 4) is 5.75 Å². The summed E-state index contributed by atoms with van der Waals surface area (Å²) in [5.41, 5.74) is 2.12. The quantitative estimate of drug-likeness (QED) is 0.829. The minimum Gasteiger partial charge on any atom is -0.497 e. The van der Waals surface area contributed by atoms with Gasteiger partial charge in [-0.15, -0.1) is 0 Å². The molecule has 1 N–H and O–H groups in total. The van der Waals surface area contributed by atoms with Crippen molar-refractivity contribution in [2.24, 2.45) is 0 Å². The van der Waals surface area contributed by atoms with E-state index in [-0.39, 0.29) is 0 Å². The summed E-state index contributed by atoms with van der Waals surface area (Å²) in [5, 5.41) is 3.22. The van der Waals surface area contributed by atoms with E-state index >= 15 is 0 Å². The van der Waals surface area contributed by atoms with Crippen LogP contribution in [0.5, 0.6) is 5.75 Å². The van der Waals surface area contributed by atoms with Gasteiger partial charge in [0.25, 0.3) is 0 Å². The minimum absolute atomic E-state index is 0.295. The molecule has 0 aromatic heterocycles. The smallest absolute Gasteiger partial charge is 0.160 e. The van der Waals surface area contributed by atoms with E-state index in [1.54, 1.807) is 7.11 Å². The van der Waals surface area contributed by atoms with Crippen LogP contribution in [0, 0.1) is 0 Å². The van der Waals surface area contributed by atoms with Crippen LogP contribution >= 0.6 is 0 Å². The third-order valence-corrected chi connectivity index (χ3v) is 3.20. The van der Waals surface area contributed by atoms with E-state index in [0.29, 0.717) is 12.2 Å². The van der Waals surface area contributed by atoms with Gasteiger partial charge >= 0.3 is 0 Å². The Balaban J connectivity index is 1.87. The highest BCUT2D eigenvalue weighted by molar-refractivity contribution is 5.95. The summed E-state index contributed by atoms with van der Waals surface area (Å²) in [5.74, 6) is 1.16. The van der Waals surface area contributed by atoms with E-state index < -0.39 is 0 Å². The van der Waals surface area contributed by atoms with Gasteiger partial charge in [-0.05, 0) is 37.0 Å². The van der Waals surface area contributed by atoms with Crippen LogP contribution in [0.1, 0.15) is 31.2 Å². The van der Waals surface area contributed by atoms with Crippen molar-refractivity contribution < 1.29 is 9.53 Å². The Morgan fingerprint density at radius 1 is 1.22 bits per heavy atom. The first-order chi connectivity index (χ1) is 8.79. The van der Waals surface area contributed by atoms with Crippen molar-refractivity contribution in [2.75, 3.05) is 7.11 Å². The zero-order chi connectivity index (χ0) is 12.8. The summed E-state index contributed by atoms with van der Waals surface area (Å²) in [6.45, 7) is 0.737. The molecule has 0 spiro atoms. The second kappa shape index (κ2) is 6.24. The average Bonchev–Trinajstić information content (AvgIpc) is 2.42. The Hall–Kier alpha value is -1.77.